The van der Waals surface area contributed by atoms with Gasteiger partial charge in [0.1, 0.15) is 5.75 Å². The summed E-state index contributed by atoms with van der Waals surface area (Å²) in [6, 6.07) is 7.94. The number of aryl methyl sites for hydroxylation is 1. The van der Waals surface area contributed by atoms with Crippen LogP contribution in [-0.4, -0.2) is 40.8 Å². The summed E-state index contributed by atoms with van der Waals surface area (Å²) in [5, 5.41) is 7.22. The van der Waals surface area contributed by atoms with E-state index in [1.807, 2.05) is 31.2 Å². The molecule has 1 aromatic heterocycles. The van der Waals surface area contributed by atoms with E-state index in [0.29, 0.717) is 24.9 Å². The minimum absolute atomic E-state index is 0.182. The molecule has 0 amide bonds. The second-order valence-corrected chi connectivity index (χ2v) is 5.88. The van der Waals surface area contributed by atoms with Crippen LogP contribution in [0, 0.1) is 6.92 Å². The third-order valence-electron chi connectivity index (χ3n) is 3.03. The van der Waals surface area contributed by atoms with E-state index in [0.717, 1.165) is 17.9 Å². The van der Waals surface area contributed by atoms with Crippen LogP contribution in [-0.2, 0) is 11.3 Å². The van der Waals surface area contributed by atoms with E-state index in [-0.39, 0.29) is 5.69 Å². The summed E-state index contributed by atoms with van der Waals surface area (Å²) in [5.41, 5.74) is 0.989. The minimum atomic E-state index is -0.182. The molecule has 0 saturated carbocycles. The summed E-state index contributed by atoms with van der Waals surface area (Å²) in [6.07, 6.45) is 0.781. The van der Waals surface area contributed by atoms with E-state index in [4.69, 9.17) is 9.47 Å². The van der Waals surface area contributed by atoms with Gasteiger partial charge in [0.05, 0.1) is 6.61 Å². The molecule has 120 valence electrons. The van der Waals surface area contributed by atoms with Crippen molar-refractivity contribution in [3.63, 3.8) is 0 Å². The molecule has 0 aliphatic rings. The van der Waals surface area contributed by atoms with Crippen molar-refractivity contribution >= 4 is 11.8 Å². The van der Waals surface area contributed by atoms with Gasteiger partial charge in [-0.25, -0.2) is 9.89 Å². The van der Waals surface area contributed by atoms with E-state index < -0.39 is 0 Å². The molecule has 0 fully saturated rings. The van der Waals surface area contributed by atoms with Crippen LogP contribution in [0.3, 0.4) is 0 Å². The highest BCUT2D eigenvalue weighted by Crippen LogP contribution is 2.16. The normalized spacial score (nSPS) is 10.8. The molecule has 1 N–H and O–H groups in total. The van der Waals surface area contributed by atoms with E-state index in [2.05, 4.69) is 10.2 Å². The number of H-pyrrole nitrogens is 1. The van der Waals surface area contributed by atoms with E-state index >= 15 is 0 Å². The summed E-state index contributed by atoms with van der Waals surface area (Å²) in [7, 11) is 1.65. The fraction of sp³-hybridized carbons (Fsp3) is 0.467. The summed E-state index contributed by atoms with van der Waals surface area (Å²) < 4.78 is 12.3. The number of rotatable bonds is 9. The van der Waals surface area contributed by atoms with Crippen molar-refractivity contribution < 1.29 is 9.47 Å². The second-order valence-electron chi connectivity index (χ2n) is 4.82. The molecule has 2 aromatic rings. The number of nitrogens with one attached hydrogen (secondary N) is 1. The Bertz CT molecular complexity index is 639. The third-order valence-corrected chi connectivity index (χ3v) is 3.97. The van der Waals surface area contributed by atoms with Gasteiger partial charge < -0.3 is 9.47 Å². The molecular weight excluding hydrogens is 302 g/mol. The first kappa shape index (κ1) is 16.6. The van der Waals surface area contributed by atoms with Gasteiger partial charge in [-0.3, -0.25) is 4.57 Å². The van der Waals surface area contributed by atoms with Crippen LogP contribution in [0.5, 0.6) is 5.75 Å². The van der Waals surface area contributed by atoms with Crippen molar-refractivity contribution in [1.29, 1.82) is 0 Å². The van der Waals surface area contributed by atoms with Crippen LogP contribution in [0.25, 0.3) is 0 Å². The van der Waals surface area contributed by atoms with Crippen LogP contribution in [0.1, 0.15) is 12.0 Å². The summed E-state index contributed by atoms with van der Waals surface area (Å²) >= 11 is 1.50. The molecule has 0 bridgehead atoms. The lowest BCUT2D eigenvalue weighted by molar-refractivity contribution is 0.189. The molecule has 0 aliphatic carbocycles. The molecule has 1 aromatic carbocycles. The SMILES string of the molecule is COCCCn1c(SCCOc2cccc(C)c2)n[nH]c1=O. The van der Waals surface area contributed by atoms with E-state index in [1.165, 1.54) is 17.3 Å². The average Bonchev–Trinajstić information content (AvgIpc) is 2.85. The van der Waals surface area contributed by atoms with Crippen molar-refractivity contribution in [3.05, 3.63) is 40.3 Å². The van der Waals surface area contributed by atoms with Gasteiger partial charge in [-0.2, -0.15) is 0 Å². The van der Waals surface area contributed by atoms with Crippen LogP contribution in [0.4, 0.5) is 0 Å². The van der Waals surface area contributed by atoms with Gasteiger partial charge in [0, 0.05) is 26.0 Å². The number of benzene rings is 1. The number of thioether (sulfide) groups is 1. The first-order valence-electron chi connectivity index (χ1n) is 7.17. The lowest BCUT2D eigenvalue weighted by Crippen LogP contribution is -2.18. The Morgan fingerprint density at radius 2 is 2.23 bits per heavy atom. The highest BCUT2D eigenvalue weighted by Gasteiger charge is 2.08. The van der Waals surface area contributed by atoms with Gasteiger partial charge in [-0.05, 0) is 31.0 Å². The molecule has 7 heteroatoms. The molecule has 0 aliphatic heterocycles. The van der Waals surface area contributed by atoms with Gasteiger partial charge in [0.2, 0.25) is 0 Å². The van der Waals surface area contributed by atoms with Crippen LogP contribution in [0.15, 0.2) is 34.2 Å². The van der Waals surface area contributed by atoms with Crippen molar-refractivity contribution in [3.8, 4) is 5.75 Å². The minimum Gasteiger partial charge on any atom is -0.493 e. The largest absolute Gasteiger partial charge is 0.493 e. The Hall–Kier alpha value is -1.73. The molecule has 0 unspecified atom stereocenters. The molecular formula is C15H21N3O3S. The molecule has 22 heavy (non-hydrogen) atoms. The van der Waals surface area contributed by atoms with Crippen molar-refractivity contribution in [1.82, 2.24) is 14.8 Å². The van der Waals surface area contributed by atoms with Crippen molar-refractivity contribution in [2.75, 3.05) is 26.1 Å². The monoisotopic (exact) mass is 323 g/mol. The summed E-state index contributed by atoms with van der Waals surface area (Å²) in [4.78, 5) is 11.7. The Kier molecular flexibility index (Phi) is 6.54. The van der Waals surface area contributed by atoms with Crippen LogP contribution in [0.2, 0.25) is 0 Å². The summed E-state index contributed by atoms with van der Waals surface area (Å²) in [6.45, 7) is 3.82. The zero-order valence-electron chi connectivity index (χ0n) is 12.9. The average molecular weight is 323 g/mol. The maximum atomic E-state index is 11.7. The Balaban J connectivity index is 1.80. The van der Waals surface area contributed by atoms with Crippen molar-refractivity contribution in [2.24, 2.45) is 0 Å². The first-order chi connectivity index (χ1) is 10.7. The molecule has 0 atom stereocenters. The highest BCUT2D eigenvalue weighted by atomic mass is 32.2. The van der Waals surface area contributed by atoms with Gasteiger partial charge >= 0.3 is 5.69 Å². The Labute approximate surface area is 133 Å². The fourth-order valence-electron chi connectivity index (χ4n) is 1.98. The third kappa shape index (κ3) is 4.92. The molecule has 1 heterocycles. The zero-order chi connectivity index (χ0) is 15.8. The highest BCUT2D eigenvalue weighted by molar-refractivity contribution is 7.99. The molecule has 0 spiro atoms. The summed E-state index contributed by atoms with van der Waals surface area (Å²) in [5.74, 6) is 1.59. The van der Waals surface area contributed by atoms with Gasteiger partial charge in [-0.1, -0.05) is 23.9 Å². The van der Waals surface area contributed by atoms with Gasteiger partial charge in [0.25, 0.3) is 0 Å². The van der Waals surface area contributed by atoms with E-state index in [1.54, 1.807) is 11.7 Å². The maximum absolute atomic E-state index is 11.7. The Morgan fingerprint density at radius 3 is 3.00 bits per heavy atom. The smallest absolute Gasteiger partial charge is 0.343 e. The number of aromatic amines is 1. The molecule has 0 saturated heterocycles. The zero-order valence-corrected chi connectivity index (χ0v) is 13.7. The predicted octanol–water partition coefficient (Wildman–Crippen LogP) is 2.09. The number of aromatic nitrogens is 3. The Morgan fingerprint density at radius 1 is 1.36 bits per heavy atom. The number of hydrogen-bond acceptors (Lipinski definition) is 5. The van der Waals surface area contributed by atoms with Crippen LogP contribution < -0.4 is 10.4 Å². The van der Waals surface area contributed by atoms with Crippen molar-refractivity contribution in [2.45, 2.75) is 25.0 Å². The quantitative estimate of drug-likeness (QED) is 0.565. The van der Waals surface area contributed by atoms with Crippen LogP contribution >= 0.6 is 11.8 Å². The number of hydrogen-bond donors (Lipinski definition) is 1. The number of nitrogens with zero attached hydrogens (tertiary/aromatic N) is 2. The van der Waals surface area contributed by atoms with Gasteiger partial charge in [-0.15, -0.1) is 5.10 Å². The second kappa shape index (κ2) is 8.65. The fourth-order valence-corrected chi connectivity index (χ4v) is 2.76. The predicted molar refractivity (Wildman–Crippen MR) is 86.7 cm³/mol. The number of methoxy groups -OCH3 is 1. The topological polar surface area (TPSA) is 69.1 Å². The van der Waals surface area contributed by atoms with E-state index in [9.17, 15) is 4.79 Å². The first-order valence-corrected chi connectivity index (χ1v) is 8.15. The standard InChI is InChI=1S/C15H21N3O3S/c1-12-5-3-6-13(11-12)21-9-10-22-15-17-16-14(19)18(15)7-4-8-20-2/h3,5-6,11H,4,7-10H2,1-2H3,(H,16,19). The lowest BCUT2D eigenvalue weighted by Gasteiger charge is -2.07. The van der Waals surface area contributed by atoms with Gasteiger partial charge in [0.15, 0.2) is 5.16 Å². The maximum Gasteiger partial charge on any atom is 0.343 e. The lowest BCUT2D eigenvalue weighted by atomic mass is 10.2. The molecule has 6 nitrogen and oxygen atoms in total. The number of ether oxygens (including phenoxy) is 2. The molecule has 2 rings (SSSR count). The molecule has 0 radical (unpaired) electrons.